The van der Waals surface area contributed by atoms with Crippen LogP contribution in [-0.4, -0.2) is 23.2 Å². The SMILES string of the molecule is CCn1cnnc1CNS(=O)(=O)c1cc(CN)oc1Br. The minimum absolute atomic E-state index is 0.0144. The number of nitrogens with one attached hydrogen (secondary N) is 1. The molecule has 0 amide bonds. The number of nitrogens with zero attached hydrogens (tertiary/aromatic N) is 3. The van der Waals surface area contributed by atoms with Crippen molar-refractivity contribution in [1.82, 2.24) is 19.5 Å². The van der Waals surface area contributed by atoms with Crippen LogP contribution in [0.5, 0.6) is 0 Å². The summed E-state index contributed by atoms with van der Waals surface area (Å²) in [7, 11) is -3.71. The maximum Gasteiger partial charge on any atom is 0.245 e. The largest absolute Gasteiger partial charge is 0.452 e. The summed E-state index contributed by atoms with van der Waals surface area (Å²) in [5.74, 6) is 0.920. The van der Waals surface area contributed by atoms with Gasteiger partial charge in [-0.15, -0.1) is 10.2 Å². The lowest BCUT2D eigenvalue weighted by Crippen LogP contribution is -2.25. The number of aromatic nitrogens is 3. The Labute approximate surface area is 124 Å². The van der Waals surface area contributed by atoms with Crippen molar-refractivity contribution in [3.63, 3.8) is 0 Å². The molecular weight excluding hydrogens is 350 g/mol. The molecule has 0 unspecified atom stereocenters. The van der Waals surface area contributed by atoms with Crippen molar-refractivity contribution in [3.8, 4) is 0 Å². The van der Waals surface area contributed by atoms with E-state index in [2.05, 4.69) is 30.8 Å². The van der Waals surface area contributed by atoms with Gasteiger partial charge in [-0.2, -0.15) is 0 Å². The summed E-state index contributed by atoms with van der Waals surface area (Å²) in [6.45, 7) is 2.75. The predicted octanol–water partition coefficient (Wildman–Crippen LogP) is 0.591. The molecule has 0 spiro atoms. The maximum atomic E-state index is 12.2. The van der Waals surface area contributed by atoms with Gasteiger partial charge in [0.15, 0.2) is 4.67 Å². The highest BCUT2D eigenvalue weighted by atomic mass is 79.9. The number of nitrogens with two attached hydrogens (primary N) is 1. The van der Waals surface area contributed by atoms with Crippen LogP contribution in [-0.2, 0) is 29.7 Å². The first-order valence-corrected chi connectivity index (χ1v) is 8.10. The van der Waals surface area contributed by atoms with Crippen LogP contribution >= 0.6 is 15.9 Å². The van der Waals surface area contributed by atoms with E-state index in [0.717, 1.165) is 0 Å². The molecule has 0 saturated carbocycles. The van der Waals surface area contributed by atoms with E-state index < -0.39 is 10.0 Å². The minimum Gasteiger partial charge on any atom is -0.452 e. The second-order valence-electron chi connectivity index (χ2n) is 3.91. The number of furan rings is 1. The quantitative estimate of drug-likeness (QED) is 0.775. The molecule has 8 nitrogen and oxygen atoms in total. The molecule has 2 aromatic rings. The van der Waals surface area contributed by atoms with Gasteiger partial charge in [-0.3, -0.25) is 0 Å². The van der Waals surface area contributed by atoms with Crippen molar-refractivity contribution in [2.45, 2.75) is 31.5 Å². The van der Waals surface area contributed by atoms with E-state index in [-0.39, 0.29) is 22.7 Å². The fourth-order valence-electron chi connectivity index (χ4n) is 1.60. The number of halogens is 1. The van der Waals surface area contributed by atoms with E-state index in [1.54, 1.807) is 10.9 Å². The van der Waals surface area contributed by atoms with E-state index in [1.807, 2.05) is 6.92 Å². The van der Waals surface area contributed by atoms with E-state index in [1.165, 1.54) is 6.07 Å². The Morgan fingerprint density at radius 3 is 2.90 bits per heavy atom. The van der Waals surface area contributed by atoms with Gasteiger partial charge < -0.3 is 14.7 Å². The minimum atomic E-state index is -3.71. The number of sulfonamides is 1. The zero-order valence-corrected chi connectivity index (χ0v) is 13.1. The summed E-state index contributed by atoms with van der Waals surface area (Å²) >= 11 is 3.07. The molecule has 0 fully saturated rings. The molecule has 0 aromatic carbocycles. The van der Waals surface area contributed by atoms with Crippen LogP contribution in [0.25, 0.3) is 0 Å². The van der Waals surface area contributed by atoms with Gasteiger partial charge in [0.05, 0.1) is 13.1 Å². The molecular formula is C10H14BrN5O3S. The third-order valence-corrected chi connectivity index (χ3v) is 4.91. The Hall–Kier alpha value is -1.23. The van der Waals surface area contributed by atoms with E-state index in [0.29, 0.717) is 18.1 Å². The smallest absolute Gasteiger partial charge is 0.245 e. The van der Waals surface area contributed by atoms with Crippen LogP contribution in [0.1, 0.15) is 18.5 Å². The molecule has 2 rings (SSSR count). The summed E-state index contributed by atoms with van der Waals surface area (Å²) in [6.07, 6.45) is 1.55. The molecule has 0 bridgehead atoms. The molecule has 0 saturated heterocycles. The first-order valence-electron chi connectivity index (χ1n) is 5.82. The van der Waals surface area contributed by atoms with E-state index >= 15 is 0 Å². The van der Waals surface area contributed by atoms with Crippen molar-refractivity contribution in [2.75, 3.05) is 0 Å². The Morgan fingerprint density at radius 1 is 1.55 bits per heavy atom. The zero-order valence-electron chi connectivity index (χ0n) is 10.7. The molecule has 0 aliphatic heterocycles. The molecule has 0 radical (unpaired) electrons. The standard InChI is InChI=1S/C10H14BrN5O3S/c1-2-16-6-13-15-9(16)5-14-20(17,18)8-3-7(4-12)19-10(8)11/h3,6,14H,2,4-5,12H2,1H3. The molecule has 0 aliphatic rings. The van der Waals surface area contributed by atoms with Gasteiger partial charge in [-0.25, -0.2) is 13.1 Å². The molecule has 2 aromatic heterocycles. The Balaban J connectivity index is 2.17. The highest BCUT2D eigenvalue weighted by Gasteiger charge is 2.22. The fourth-order valence-corrected chi connectivity index (χ4v) is 3.57. The van der Waals surface area contributed by atoms with Crippen molar-refractivity contribution < 1.29 is 12.8 Å². The lowest BCUT2D eigenvalue weighted by Gasteiger charge is -2.05. The second kappa shape index (κ2) is 6.04. The Bertz CT molecular complexity index is 694. The van der Waals surface area contributed by atoms with Gasteiger partial charge >= 0.3 is 0 Å². The van der Waals surface area contributed by atoms with Crippen LogP contribution in [0.4, 0.5) is 0 Å². The highest BCUT2D eigenvalue weighted by molar-refractivity contribution is 9.10. The van der Waals surface area contributed by atoms with Gasteiger partial charge in [-0.05, 0) is 22.9 Å². The molecule has 2 heterocycles. The molecule has 3 N–H and O–H groups in total. The van der Waals surface area contributed by atoms with Crippen molar-refractivity contribution in [1.29, 1.82) is 0 Å². The summed E-state index contributed by atoms with van der Waals surface area (Å²) in [5.41, 5.74) is 5.41. The van der Waals surface area contributed by atoms with Gasteiger partial charge in [0.2, 0.25) is 10.0 Å². The number of hydrogen-bond acceptors (Lipinski definition) is 6. The topological polar surface area (TPSA) is 116 Å². The van der Waals surface area contributed by atoms with Crippen LogP contribution in [0.15, 0.2) is 26.4 Å². The molecule has 20 heavy (non-hydrogen) atoms. The number of aryl methyl sites for hydroxylation is 1. The Kier molecular flexibility index (Phi) is 4.58. The van der Waals surface area contributed by atoms with Gasteiger partial charge in [0.25, 0.3) is 0 Å². The van der Waals surface area contributed by atoms with E-state index in [4.69, 9.17) is 10.2 Å². The molecule has 110 valence electrons. The molecule has 0 aliphatic carbocycles. The Morgan fingerprint density at radius 2 is 2.30 bits per heavy atom. The molecule has 0 atom stereocenters. The van der Waals surface area contributed by atoms with Crippen LogP contribution < -0.4 is 10.5 Å². The average molecular weight is 364 g/mol. The summed E-state index contributed by atoms with van der Waals surface area (Å²) in [5, 5.41) is 7.59. The second-order valence-corrected chi connectivity index (χ2v) is 6.37. The maximum absolute atomic E-state index is 12.2. The molecule has 10 heteroatoms. The summed E-state index contributed by atoms with van der Waals surface area (Å²) in [4.78, 5) is 0.0144. The van der Waals surface area contributed by atoms with Crippen LogP contribution in [0, 0.1) is 0 Å². The van der Waals surface area contributed by atoms with Crippen molar-refractivity contribution in [2.24, 2.45) is 5.73 Å². The third kappa shape index (κ3) is 3.08. The average Bonchev–Trinajstić information content (AvgIpc) is 3.02. The lowest BCUT2D eigenvalue weighted by molar-refractivity contribution is 0.483. The monoisotopic (exact) mass is 363 g/mol. The number of rotatable bonds is 6. The highest BCUT2D eigenvalue weighted by Crippen LogP contribution is 2.25. The fraction of sp³-hybridized carbons (Fsp3) is 0.400. The van der Waals surface area contributed by atoms with Gasteiger partial charge in [-0.1, -0.05) is 0 Å². The normalized spacial score (nSPS) is 11.9. The summed E-state index contributed by atoms with van der Waals surface area (Å²) < 4.78 is 33.9. The van der Waals surface area contributed by atoms with Crippen molar-refractivity contribution in [3.05, 3.63) is 28.6 Å². The zero-order chi connectivity index (χ0) is 14.8. The van der Waals surface area contributed by atoms with Crippen molar-refractivity contribution >= 4 is 26.0 Å². The summed E-state index contributed by atoms with van der Waals surface area (Å²) in [6, 6.07) is 1.39. The van der Waals surface area contributed by atoms with Crippen LogP contribution in [0.3, 0.4) is 0 Å². The van der Waals surface area contributed by atoms with Gasteiger partial charge in [0.1, 0.15) is 22.8 Å². The van der Waals surface area contributed by atoms with E-state index in [9.17, 15) is 8.42 Å². The number of hydrogen-bond donors (Lipinski definition) is 2. The lowest BCUT2D eigenvalue weighted by atomic mass is 10.5. The first kappa shape index (κ1) is 15.2. The first-order chi connectivity index (χ1) is 9.47. The van der Waals surface area contributed by atoms with Gasteiger partial charge in [0, 0.05) is 12.6 Å². The van der Waals surface area contributed by atoms with Crippen LogP contribution in [0.2, 0.25) is 0 Å². The third-order valence-electron chi connectivity index (χ3n) is 2.65. The predicted molar refractivity (Wildman–Crippen MR) is 74.0 cm³/mol.